The topological polar surface area (TPSA) is 133 Å². The van der Waals surface area contributed by atoms with Crippen LogP contribution in [0, 0.1) is 0 Å². The van der Waals surface area contributed by atoms with Crippen molar-refractivity contribution >= 4 is 46.4 Å². The fourth-order valence-electron chi connectivity index (χ4n) is 5.51. The maximum absolute atomic E-state index is 13.3. The molecule has 0 saturated carbocycles. The van der Waals surface area contributed by atoms with Crippen LogP contribution in [0.4, 0.5) is 22.7 Å². The molecule has 4 amide bonds. The van der Waals surface area contributed by atoms with E-state index < -0.39 is 12.1 Å². The second-order valence-electron chi connectivity index (χ2n) is 11.0. The minimum Gasteiger partial charge on any atom is -0.399 e. The number of nitrogens with zero attached hydrogens (tertiary/aromatic N) is 4. The van der Waals surface area contributed by atoms with Crippen LogP contribution in [0.5, 0.6) is 0 Å². The molecule has 2 heterocycles. The number of benzene rings is 3. The Kier molecular flexibility index (Phi) is 8.37. The van der Waals surface area contributed by atoms with Crippen molar-refractivity contribution in [2.45, 2.75) is 37.8 Å². The molecule has 3 aromatic carbocycles. The molecule has 0 aliphatic carbocycles. The minimum atomic E-state index is -0.558. The number of hydrogen-bond donors (Lipinski definition) is 2. The Balaban J connectivity index is 1.20. The summed E-state index contributed by atoms with van der Waals surface area (Å²) in [5.41, 5.74) is 15.9. The molecule has 3 aromatic rings. The zero-order valence-electron chi connectivity index (χ0n) is 23.9. The predicted molar refractivity (Wildman–Crippen MR) is 163 cm³/mol. The van der Waals surface area contributed by atoms with Crippen LogP contribution in [-0.2, 0) is 32.0 Å². The largest absolute Gasteiger partial charge is 0.399 e. The van der Waals surface area contributed by atoms with Crippen LogP contribution in [-0.4, -0.2) is 72.7 Å². The normalized spacial score (nSPS) is 19.1. The maximum Gasteiger partial charge on any atom is 0.251 e. The molecular formula is C32H36N6O4. The number of nitrogen functional groups attached to an aromatic ring is 2. The molecular weight excluding hydrogens is 532 g/mol. The third kappa shape index (κ3) is 6.05. The van der Waals surface area contributed by atoms with Crippen molar-refractivity contribution in [1.82, 2.24) is 9.80 Å². The molecule has 10 heteroatoms. The monoisotopic (exact) mass is 568 g/mol. The van der Waals surface area contributed by atoms with E-state index in [1.54, 1.807) is 24.3 Å². The third-order valence-corrected chi connectivity index (χ3v) is 8.14. The summed E-state index contributed by atoms with van der Waals surface area (Å²) in [5.74, 6) is -1.14. The second kappa shape index (κ2) is 12.1. The molecule has 2 aliphatic rings. The number of anilines is 4. The van der Waals surface area contributed by atoms with Crippen molar-refractivity contribution in [2.75, 3.05) is 48.5 Å². The first-order valence-corrected chi connectivity index (χ1v) is 14.1. The minimum absolute atomic E-state index is 0.0896. The van der Waals surface area contributed by atoms with Gasteiger partial charge >= 0.3 is 0 Å². The summed E-state index contributed by atoms with van der Waals surface area (Å²) in [6, 6.07) is 20.5. The lowest BCUT2D eigenvalue weighted by molar-refractivity contribution is -0.124. The fraction of sp³-hybridized carbons (Fsp3) is 0.312. The van der Waals surface area contributed by atoms with Gasteiger partial charge in [0.1, 0.15) is 0 Å². The van der Waals surface area contributed by atoms with Gasteiger partial charge in [0.25, 0.3) is 11.8 Å². The van der Waals surface area contributed by atoms with Crippen molar-refractivity contribution in [1.29, 1.82) is 0 Å². The summed E-state index contributed by atoms with van der Waals surface area (Å²) in [6.45, 7) is 1.21. The predicted octanol–water partition coefficient (Wildman–Crippen LogP) is 2.46. The highest BCUT2D eigenvalue weighted by Crippen LogP contribution is 2.30. The van der Waals surface area contributed by atoms with E-state index >= 15 is 0 Å². The van der Waals surface area contributed by atoms with Gasteiger partial charge in [0.05, 0.1) is 36.3 Å². The highest BCUT2D eigenvalue weighted by atomic mass is 16.2. The molecule has 0 radical (unpaired) electrons. The molecule has 5 rings (SSSR count). The highest BCUT2D eigenvalue weighted by molar-refractivity contribution is 6.24. The van der Waals surface area contributed by atoms with Crippen LogP contribution < -0.4 is 21.3 Å². The zero-order valence-corrected chi connectivity index (χ0v) is 23.9. The molecule has 2 aliphatic heterocycles. The molecule has 10 nitrogen and oxygen atoms in total. The maximum atomic E-state index is 13.3. The van der Waals surface area contributed by atoms with Gasteiger partial charge in [-0.05, 0) is 86.6 Å². The summed E-state index contributed by atoms with van der Waals surface area (Å²) in [4.78, 5) is 58.5. The van der Waals surface area contributed by atoms with Gasteiger partial charge in [-0.1, -0.05) is 24.3 Å². The summed E-state index contributed by atoms with van der Waals surface area (Å²) in [6.07, 6.45) is 1.62. The second-order valence-corrected chi connectivity index (χ2v) is 11.0. The molecule has 0 aromatic heterocycles. The van der Waals surface area contributed by atoms with Crippen LogP contribution in [0.2, 0.25) is 0 Å². The van der Waals surface area contributed by atoms with Crippen molar-refractivity contribution < 1.29 is 19.2 Å². The lowest BCUT2D eigenvalue weighted by Crippen LogP contribution is -2.41. The van der Waals surface area contributed by atoms with Crippen molar-refractivity contribution in [3.63, 3.8) is 0 Å². The van der Waals surface area contributed by atoms with Crippen molar-refractivity contribution in [3.8, 4) is 0 Å². The lowest BCUT2D eigenvalue weighted by atomic mass is 10.1. The SMILES string of the molecule is CN(CCc1ccc(N)cc1)C1CC(=O)N(c2ccc(N3C(=O)CC(N(C)CCc4ccc(N)cc4)C3=O)cc2)C1=O. The van der Waals surface area contributed by atoms with Crippen LogP contribution in [0.15, 0.2) is 72.8 Å². The lowest BCUT2D eigenvalue weighted by Gasteiger charge is -2.24. The molecule has 2 atom stereocenters. The number of imide groups is 2. The number of likely N-dealkylation sites (N-methyl/N-ethyl adjacent to an activating group) is 2. The van der Waals surface area contributed by atoms with E-state index in [0.717, 1.165) is 24.0 Å². The van der Waals surface area contributed by atoms with E-state index in [0.29, 0.717) is 35.8 Å². The van der Waals surface area contributed by atoms with Gasteiger partial charge in [-0.25, -0.2) is 9.80 Å². The third-order valence-electron chi connectivity index (χ3n) is 8.14. The van der Waals surface area contributed by atoms with E-state index in [-0.39, 0.29) is 36.5 Å². The van der Waals surface area contributed by atoms with Crippen LogP contribution >= 0.6 is 0 Å². The molecule has 2 saturated heterocycles. The van der Waals surface area contributed by atoms with Crippen LogP contribution in [0.25, 0.3) is 0 Å². The first kappa shape index (κ1) is 29.0. The molecule has 4 N–H and O–H groups in total. The van der Waals surface area contributed by atoms with E-state index in [4.69, 9.17) is 11.5 Å². The molecule has 0 spiro atoms. The van der Waals surface area contributed by atoms with Crippen LogP contribution in [0.1, 0.15) is 24.0 Å². The van der Waals surface area contributed by atoms with Crippen molar-refractivity contribution in [2.24, 2.45) is 0 Å². The zero-order chi connectivity index (χ0) is 30.0. The summed E-state index contributed by atoms with van der Waals surface area (Å²) < 4.78 is 0. The van der Waals surface area contributed by atoms with E-state index in [1.165, 1.54) is 9.80 Å². The standard InChI is InChI=1S/C32H36N6O4/c1-35(17-15-21-3-7-23(33)8-4-21)27-19-29(39)37(31(27)41)25-11-13-26(14-12-25)38-30(40)20-28(32(38)42)36(2)18-16-22-5-9-24(34)10-6-22/h3-14,27-28H,15-20,33-34H2,1-2H3. The van der Waals surface area contributed by atoms with Gasteiger partial charge in [-0.15, -0.1) is 0 Å². The average molecular weight is 569 g/mol. The Morgan fingerprint density at radius 2 is 0.929 bits per heavy atom. The van der Waals surface area contributed by atoms with Crippen LogP contribution in [0.3, 0.4) is 0 Å². The average Bonchev–Trinajstić information content (AvgIpc) is 3.45. The van der Waals surface area contributed by atoms with Gasteiger partial charge in [-0.3, -0.25) is 29.0 Å². The number of carbonyl (C=O) groups excluding carboxylic acids is 4. The Hall–Kier alpha value is -4.54. The first-order chi connectivity index (χ1) is 20.1. The highest BCUT2D eigenvalue weighted by Gasteiger charge is 2.43. The quantitative estimate of drug-likeness (QED) is 0.282. The van der Waals surface area contributed by atoms with Gasteiger partial charge < -0.3 is 11.5 Å². The summed E-state index contributed by atoms with van der Waals surface area (Å²) in [7, 11) is 3.68. The van der Waals surface area contributed by atoms with Gasteiger partial charge in [-0.2, -0.15) is 0 Å². The molecule has 2 unspecified atom stereocenters. The number of rotatable bonds is 10. The van der Waals surface area contributed by atoms with E-state index in [2.05, 4.69) is 0 Å². The Morgan fingerprint density at radius 3 is 1.26 bits per heavy atom. The Labute approximate surface area is 245 Å². The molecule has 218 valence electrons. The summed E-state index contributed by atoms with van der Waals surface area (Å²) in [5, 5.41) is 0. The van der Waals surface area contributed by atoms with Gasteiger partial charge in [0.2, 0.25) is 11.8 Å². The van der Waals surface area contributed by atoms with Gasteiger partial charge in [0, 0.05) is 24.5 Å². The first-order valence-electron chi connectivity index (χ1n) is 14.1. The summed E-state index contributed by atoms with van der Waals surface area (Å²) >= 11 is 0. The van der Waals surface area contributed by atoms with E-state index in [9.17, 15) is 19.2 Å². The number of carbonyl (C=O) groups is 4. The number of amides is 4. The molecule has 42 heavy (non-hydrogen) atoms. The Bertz CT molecular complexity index is 1360. The molecule has 2 fully saturated rings. The van der Waals surface area contributed by atoms with Gasteiger partial charge in [0.15, 0.2) is 0 Å². The molecule has 0 bridgehead atoms. The Morgan fingerprint density at radius 1 is 0.595 bits per heavy atom. The smallest absolute Gasteiger partial charge is 0.251 e. The number of nitrogens with two attached hydrogens (primary N) is 2. The fourth-order valence-corrected chi connectivity index (χ4v) is 5.51. The number of hydrogen-bond acceptors (Lipinski definition) is 8. The van der Waals surface area contributed by atoms with E-state index in [1.807, 2.05) is 72.4 Å². The van der Waals surface area contributed by atoms with Crippen molar-refractivity contribution in [3.05, 3.63) is 83.9 Å².